The molecule has 0 saturated carbocycles. The summed E-state index contributed by atoms with van der Waals surface area (Å²) in [7, 11) is 3.12. The number of aryl methyl sites for hydroxylation is 1. The van der Waals surface area contributed by atoms with Crippen LogP contribution in [0.3, 0.4) is 0 Å². The van der Waals surface area contributed by atoms with Crippen LogP contribution in [-0.2, 0) is 9.53 Å². The summed E-state index contributed by atoms with van der Waals surface area (Å²) in [6, 6.07) is 5.79. The van der Waals surface area contributed by atoms with E-state index in [2.05, 4.69) is 6.07 Å². The van der Waals surface area contributed by atoms with Crippen molar-refractivity contribution in [2.75, 3.05) is 14.2 Å². The number of methoxy groups -OCH3 is 2. The summed E-state index contributed by atoms with van der Waals surface area (Å²) in [4.78, 5) is 13.0. The number of ketones is 1. The zero-order valence-electron chi connectivity index (χ0n) is 16.3. The Hall–Kier alpha value is -2.94. The molecule has 1 aliphatic heterocycles. The Labute approximate surface area is 159 Å². The van der Waals surface area contributed by atoms with Gasteiger partial charge in [0.25, 0.3) is 0 Å². The Bertz CT molecular complexity index is 919. The van der Waals surface area contributed by atoms with Crippen molar-refractivity contribution in [2.24, 2.45) is 11.1 Å². The van der Waals surface area contributed by atoms with Gasteiger partial charge >= 0.3 is 0 Å². The summed E-state index contributed by atoms with van der Waals surface area (Å²) in [5.74, 6) is 1.16. The van der Waals surface area contributed by atoms with E-state index in [0.29, 0.717) is 35.7 Å². The fourth-order valence-electron chi connectivity index (χ4n) is 3.90. The summed E-state index contributed by atoms with van der Waals surface area (Å²) >= 11 is 0. The zero-order chi connectivity index (χ0) is 19.9. The van der Waals surface area contributed by atoms with E-state index in [1.807, 2.05) is 32.9 Å². The standard InChI is InChI=1S/C21H24N2O4/c1-11-6-15(25-4)16(26-5)7-12(11)18-13(10-22)20(23)27-17-9-21(2,3)8-14(24)19(17)18/h6-7,18H,8-9,23H2,1-5H3/t18-/m1/s1. The second kappa shape index (κ2) is 6.66. The highest BCUT2D eigenvalue weighted by Crippen LogP contribution is 2.49. The summed E-state index contributed by atoms with van der Waals surface area (Å²) in [6.07, 6.45) is 0.993. The number of hydrogen-bond acceptors (Lipinski definition) is 6. The second-order valence-electron chi connectivity index (χ2n) is 7.77. The van der Waals surface area contributed by atoms with E-state index in [0.717, 1.165) is 11.1 Å². The molecule has 2 N–H and O–H groups in total. The Morgan fingerprint density at radius 1 is 1.22 bits per heavy atom. The van der Waals surface area contributed by atoms with Crippen molar-refractivity contribution in [1.82, 2.24) is 0 Å². The molecule has 0 spiro atoms. The topological polar surface area (TPSA) is 94.6 Å². The molecule has 6 heteroatoms. The Morgan fingerprint density at radius 2 is 1.85 bits per heavy atom. The van der Waals surface area contributed by atoms with Gasteiger partial charge in [-0.15, -0.1) is 0 Å². The van der Waals surface area contributed by atoms with Crippen molar-refractivity contribution in [2.45, 2.75) is 39.5 Å². The van der Waals surface area contributed by atoms with Crippen LogP contribution >= 0.6 is 0 Å². The smallest absolute Gasteiger partial charge is 0.205 e. The SMILES string of the molecule is COc1cc(C)c([C@@H]2C(C#N)=C(N)OC3=C2C(=O)CC(C)(C)C3)cc1OC. The summed E-state index contributed by atoms with van der Waals surface area (Å²) in [5, 5.41) is 9.73. The molecule has 0 amide bonds. The number of ether oxygens (including phenoxy) is 3. The van der Waals surface area contributed by atoms with Crippen molar-refractivity contribution in [1.29, 1.82) is 5.26 Å². The number of Topliss-reactive ketones (excluding diaryl/α,β-unsaturated/α-hetero) is 1. The number of nitrogens with two attached hydrogens (primary N) is 1. The van der Waals surface area contributed by atoms with Crippen molar-refractivity contribution >= 4 is 5.78 Å². The Kier molecular flexibility index (Phi) is 4.64. The number of rotatable bonds is 3. The van der Waals surface area contributed by atoms with Crippen LogP contribution in [0.2, 0.25) is 0 Å². The summed E-state index contributed by atoms with van der Waals surface area (Å²) < 4.78 is 16.5. The molecule has 142 valence electrons. The highest BCUT2D eigenvalue weighted by Gasteiger charge is 2.43. The fourth-order valence-corrected chi connectivity index (χ4v) is 3.90. The predicted molar refractivity (Wildman–Crippen MR) is 100.0 cm³/mol. The van der Waals surface area contributed by atoms with Crippen molar-refractivity contribution in [3.05, 3.63) is 46.0 Å². The van der Waals surface area contributed by atoms with Gasteiger partial charge < -0.3 is 19.9 Å². The number of carbonyl (C=O) groups excluding carboxylic acids is 1. The first kappa shape index (κ1) is 18.8. The third-order valence-corrected chi connectivity index (χ3v) is 5.16. The third-order valence-electron chi connectivity index (χ3n) is 5.16. The van der Waals surface area contributed by atoms with E-state index < -0.39 is 5.92 Å². The van der Waals surface area contributed by atoms with Gasteiger partial charge in [-0.3, -0.25) is 4.79 Å². The maximum atomic E-state index is 13.0. The van der Waals surface area contributed by atoms with E-state index >= 15 is 0 Å². The van der Waals surface area contributed by atoms with E-state index in [1.165, 1.54) is 0 Å². The highest BCUT2D eigenvalue weighted by molar-refractivity contribution is 6.00. The average molecular weight is 368 g/mol. The number of benzene rings is 1. The van der Waals surface area contributed by atoms with Gasteiger partial charge in [0, 0.05) is 18.4 Å². The van der Waals surface area contributed by atoms with E-state index in [9.17, 15) is 10.1 Å². The maximum absolute atomic E-state index is 13.0. The number of allylic oxidation sites excluding steroid dienone is 3. The number of carbonyl (C=O) groups is 1. The van der Waals surface area contributed by atoms with Crippen molar-refractivity contribution in [3.8, 4) is 17.6 Å². The molecular weight excluding hydrogens is 344 g/mol. The van der Waals surface area contributed by atoms with Gasteiger partial charge in [-0.2, -0.15) is 5.26 Å². The first-order valence-electron chi connectivity index (χ1n) is 8.78. The summed E-state index contributed by atoms with van der Waals surface area (Å²) in [6.45, 7) is 5.96. The first-order chi connectivity index (χ1) is 12.7. The minimum atomic E-state index is -0.567. The zero-order valence-corrected chi connectivity index (χ0v) is 16.3. The van der Waals surface area contributed by atoms with Crippen LogP contribution in [0.1, 0.15) is 43.7 Å². The minimum Gasteiger partial charge on any atom is -0.493 e. The lowest BCUT2D eigenvalue weighted by atomic mass is 9.70. The summed E-state index contributed by atoms with van der Waals surface area (Å²) in [5.41, 5.74) is 8.30. The van der Waals surface area contributed by atoms with E-state index in [1.54, 1.807) is 14.2 Å². The largest absolute Gasteiger partial charge is 0.493 e. The number of hydrogen-bond donors (Lipinski definition) is 1. The van der Waals surface area contributed by atoms with Crippen LogP contribution < -0.4 is 15.2 Å². The molecule has 0 bridgehead atoms. The van der Waals surface area contributed by atoms with Crippen LogP contribution in [-0.4, -0.2) is 20.0 Å². The van der Waals surface area contributed by atoms with E-state index in [-0.39, 0.29) is 22.7 Å². The van der Waals surface area contributed by atoms with Gasteiger partial charge in [0.2, 0.25) is 5.88 Å². The quantitative estimate of drug-likeness (QED) is 0.878. The van der Waals surface area contributed by atoms with Crippen LogP contribution in [0.25, 0.3) is 0 Å². The van der Waals surface area contributed by atoms with Crippen molar-refractivity contribution < 1.29 is 19.0 Å². The molecule has 0 fully saturated rings. The lowest BCUT2D eigenvalue weighted by Gasteiger charge is -2.37. The highest BCUT2D eigenvalue weighted by atomic mass is 16.5. The normalized spacial score (nSPS) is 21.3. The molecule has 1 aliphatic carbocycles. The van der Waals surface area contributed by atoms with Crippen LogP contribution in [0.4, 0.5) is 0 Å². The lowest BCUT2D eigenvalue weighted by Crippen LogP contribution is -2.33. The molecule has 2 aliphatic rings. The molecular formula is C21H24N2O4. The first-order valence-corrected chi connectivity index (χ1v) is 8.78. The van der Waals surface area contributed by atoms with Crippen LogP contribution in [0.5, 0.6) is 11.5 Å². The lowest BCUT2D eigenvalue weighted by molar-refractivity contribution is -0.119. The molecule has 27 heavy (non-hydrogen) atoms. The molecule has 1 aromatic rings. The maximum Gasteiger partial charge on any atom is 0.205 e. The van der Waals surface area contributed by atoms with Gasteiger partial charge in [-0.1, -0.05) is 13.8 Å². The molecule has 0 saturated heterocycles. The van der Waals surface area contributed by atoms with Gasteiger partial charge in [-0.25, -0.2) is 0 Å². The van der Waals surface area contributed by atoms with E-state index in [4.69, 9.17) is 19.9 Å². The molecule has 1 aromatic carbocycles. The predicted octanol–water partition coefficient (Wildman–Crippen LogP) is 3.46. The van der Waals surface area contributed by atoms with Crippen LogP contribution in [0.15, 0.2) is 34.9 Å². The molecule has 3 rings (SSSR count). The number of nitriles is 1. The second-order valence-corrected chi connectivity index (χ2v) is 7.77. The average Bonchev–Trinajstić information content (AvgIpc) is 2.59. The van der Waals surface area contributed by atoms with Crippen molar-refractivity contribution in [3.63, 3.8) is 0 Å². The Morgan fingerprint density at radius 3 is 2.44 bits per heavy atom. The van der Waals surface area contributed by atoms with Gasteiger partial charge in [0.1, 0.15) is 17.4 Å². The van der Waals surface area contributed by atoms with Crippen LogP contribution in [0, 0.1) is 23.7 Å². The third kappa shape index (κ3) is 3.14. The molecule has 0 unspecified atom stereocenters. The minimum absolute atomic E-state index is 0.0133. The number of nitrogens with zero attached hydrogens (tertiary/aromatic N) is 1. The fraction of sp³-hybridized carbons (Fsp3) is 0.429. The monoisotopic (exact) mass is 368 g/mol. The van der Waals surface area contributed by atoms with Gasteiger partial charge in [0.05, 0.1) is 20.1 Å². The Balaban J connectivity index is 2.25. The van der Waals surface area contributed by atoms with Gasteiger partial charge in [0.15, 0.2) is 17.3 Å². The molecule has 6 nitrogen and oxygen atoms in total. The van der Waals surface area contributed by atoms with Gasteiger partial charge in [-0.05, 0) is 35.6 Å². The molecule has 0 radical (unpaired) electrons. The molecule has 1 atom stereocenters. The molecule has 0 aromatic heterocycles. The molecule has 1 heterocycles.